The molecule has 0 saturated heterocycles. The zero-order chi connectivity index (χ0) is 11.2. The van der Waals surface area contributed by atoms with E-state index in [9.17, 15) is 18.5 Å². The Bertz CT molecular complexity index is 554. The zero-order valence-corrected chi connectivity index (χ0v) is 9.63. The number of rotatable bonds is 1. The van der Waals surface area contributed by atoms with E-state index in [1.807, 2.05) is 0 Å². The lowest BCUT2D eigenvalue weighted by Gasteiger charge is -2.00. The number of benzene rings is 1. The Kier molecular flexibility index (Phi) is 2.19. The Labute approximate surface area is 93.6 Å². The number of fused-ring (bicyclic) bond motifs is 1. The summed E-state index contributed by atoms with van der Waals surface area (Å²) in [4.78, 5) is 10.0. The van der Waals surface area contributed by atoms with Crippen LogP contribution in [-0.2, 0) is 15.8 Å². The first kappa shape index (κ1) is 10.4. The van der Waals surface area contributed by atoms with Gasteiger partial charge in [0, 0.05) is 16.1 Å². The molecule has 1 heterocycles. The minimum absolute atomic E-state index is 0.0642. The fourth-order valence-electron chi connectivity index (χ4n) is 1.40. The van der Waals surface area contributed by atoms with E-state index in [2.05, 4.69) is 20.7 Å². The topological polar surface area (TPSA) is 89.3 Å². The van der Waals surface area contributed by atoms with Crippen molar-refractivity contribution >= 4 is 37.3 Å². The molecule has 6 nitrogen and oxygen atoms in total. The molecular weight excluding hydrogens is 288 g/mol. The molecule has 1 aliphatic heterocycles. The summed E-state index contributed by atoms with van der Waals surface area (Å²) in [5.41, 5.74) is 0.243. The number of hydrogen-bond acceptors (Lipinski definition) is 4. The summed E-state index contributed by atoms with van der Waals surface area (Å²) in [6, 6.07) is 2.73. The first-order chi connectivity index (χ1) is 6.91. The number of hydrogen-bond donors (Lipinski definition) is 1. The highest BCUT2D eigenvalue weighted by Crippen LogP contribution is 2.39. The van der Waals surface area contributed by atoms with E-state index < -0.39 is 14.9 Å². The van der Waals surface area contributed by atoms with E-state index in [-0.39, 0.29) is 17.1 Å². The normalized spacial score (nSPS) is 16.9. The summed E-state index contributed by atoms with van der Waals surface area (Å²) >= 11 is 3.16. The second-order valence-electron chi connectivity index (χ2n) is 3.04. The summed E-state index contributed by atoms with van der Waals surface area (Å²) in [5.74, 6) is -0.232. The fourth-order valence-corrected chi connectivity index (χ4v) is 3.35. The Morgan fingerprint density at radius 2 is 2.13 bits per heavy atom. The van der Waals surface area contributed by atoms with Crippen molar-refractivity contribution in [3.63, 3.8) is 0 Å². The number of nitrogens with zero attached hydrogens (tertiary/aromatic N) is 1. The zero-order valence-electron chi connectivity index (χ0n) is 7.23. The molecule has 0 atom stereocenters. The maximum Gasteiger partial charge on any atom is 0.293 e. The SMILES string of the molecule is O=[N+]([O-])c1ccc(Br)c2c1NS(=O)(=O)C2. The van der Waals surface area contributed by atoms with Crippen LogP contribution >= 0.6 is 15.9 Å². The van der Waals surface area contributed by atoms with E-state index in [1.54, 1.807) is 0 Å². The molecule has 1 aliphatic rings. The van der Waals surface area contributed by atoms with Gasteiger partial charge in [-0.25, -0.2) is 8.42 Å². The van der Waals surface area contributed by atoms with Crippen LogP contribution in [-0.4, -0.2) is 13.3 Å². The molecule has 8 heteroatoms. The summed E-state index contributed by atoms with van der Waals surface area (Å²) in [5, 5.41) is 10.6. The molecule has 2 rings (SSSR count). The molecule has 1 aromatic rings. The third-order valence-corrected chi connectivity index (χ3v) is 3.95. The first-order valence-corrected chi connectivity index (χ1v) is 6.31. The Hall–Kier alpha value is -1.15. The van der Waals surface area contributed by atoms with Crippen molar-refractivity contribution in [1.82, 2.24) is 0 Å². The highest BCUT2D eigenvalue weighted by Gasteiger charge is 2.32. The molecule has 0 aliphatic carbocycles. The second kappa shape index (κ2) is 3.17. The number of anilines is 1. The lowest BCUT2D eigenvalue weighted by Crippen LogP contribution is -2.06. The van der Waals surface area contributed by atoms with Crippen LogP contribution in [0.15, 0.2) is 16.6 Å². The van der Waals surface area contributed by atoms with E-state index in [0.29, 0.717) is 10.0 Å². The molecule has 0 bridgehead atoms. The monoisotopic (exact) mass is 292 g/mol. The van der Waals surface area contributed by atoms with Gasteiger partial charge in [-0.2, -0.15) is 0 Å². The molecular formula is C7H5BrN2O4S. The number of sulfonamides is 1. The predicted molar refractivity (Wildman–Crippen MR) is 57.0 cm³/mol. The van der Waals surface area contributed by atoms with Crippen molar-refractivity contribution in [2.75, 3.05) is 4.72 Å². The minimum atomic E-state index is -3.47. The van der Waals surface area contributed by atoms with Crippen molar-refractivity contribution < 1.29 is 13.3 Å². The van der Waals surface area contributed by atoms with Gasteiger partial charge >= 0.3 is 0 Å². The van der Waals surface area contributed by atoms with Crippen molar-refractivity contribution in [1.29, 1.82) is 0 Å². The van der Waals surface area contributed by atoms with Crippen molar-refractivity contribution in [3.05, 3.63) is 32.3 Å². The minimum Gasteiger partial charge on any atom is -0.276 e. The van der Waals surface area contributed by atoms with Gasteiger partial charge in [0.1, 0.15) is 5.69 Å². The predicted octanol–water partition coefficient (Wildman–Crippen LogP) is 1.61. The first-order valence-electron chi connectivity index (χ1n) is 3.87. The van der Waals surface area contributed by atoms with Gasteiger partial charge in [0.2, 0.25) is 10.0 Å². The van der Waals surface area contributed by atoms with Crippen LogP contribution in [0.4, 0.5) is 11.4 Å². The quantitative estimate of drug-likeness (QED) is 0.629. The van der Waals surface area contributed by atoms with Gasteiger partial charge < -0.3 is 0 Å². The van der Waals surface area contributed by atoms with Crippen molar-refractivity contribution in [3.8, 4) is 0 Å². The summed E-state index contributed by atoms with van der Waals surface area (Å²) in [7, 11) is -3.47. The molecule has 1 N–H and O–H groups in total. The molecule has 0 amide bonds. The van der Waals surface area contributed by atoms with Crippen LogP contribution in [0.3, 0.4) is 0 Å². The number of halogens is 1. The lowest BCUT2D eigenvalue weighted by atomic mass is 10.2. The second-order valence-corrected chi connectivity index (χ2v) is 5.61. The average Bonchev–Trinajstić information content (AvgIpc) is 2.41. The fraction of sp³-hybridized carbons (Fsp3) is 0.143. The number of nitro groups is 1. The van der Waals surface area contributed by atoms with Gasteiger partial charge in [0.05, 0.1) is 10.7 Å². The van der Waals surface area contributed by atoms with Gasteiger partial charge in [0.25, 0.3) is 5.69 Å². The molecule has 1 aromatic carbocycles. The van der Waals surface area contributed by atoms with Crippen molar-refractivity contribution in [2.24, 2.45) is 0 Å². The van der Waals surface area contributed by atoms with Crippen LogP contribution in [0.5, 0.6) is 0 Å². The summed E-state index contributed by atoms with van der Waals surface area (Å²) in [6.45, 7) is 0. The molecule has 15 heavy (non-hydrogen) atoms. The van der Waals surface area contributed by atoms with E-state index in [4.69, 9.17) is 0 Å². The third-order valence-electron chi connectivity index (χ3n) is 2.02. The Morgan fingerprint density at radius 3 is 2.73 bits per heavy atom. The molecule has 0 radical (unpaired) electrons. The summed E-state index contributed by atoms with van der Waals surface area (Å²) in [6.07, 6.45) is 0. The maximum absolute atomic E-state index is 11.3. The molecule has 80 valence electrons. The number of nitro benzene ring substituents is 1. The molecule has 0 spiro atoms. The van der Waals surface area contributed by atoms with Gasteiger partial charge in [-0.1, -0.05) is 15.9 Å². The molecule has 0 fully saturated rings. The van der Waals surface area contributed by atoms with Crippen LogP contribution in [0.1, 0.15) is 5.56 Å². The van der Waals surface area contributed by atoms with Crippen LogP contribution < -0.4 is 4.72 Å². The van der Waals surface area contributed by atoms with Gasteiger partial charge in [-0.15, -0.1) is 0 Å². The van der Waals surface area contributed by atoms with Gasteiger partial charge in [0.15, 0.2) is 0 Å². The molecule has 0 saturated carbocycles. The average molecular weight is 293 g/mol. The largest absolute Gasteiger partial charge is 0.293 e. The van der Waals surface area contributed by atoms with E-state index >= 15 is 0 Å². The lowest BCUT2D eigenvalue weighted by molar-refractivity contribution is -0.383. The highest BCUT2D eigenvalue weighted by molar-refractivity contribution is 9.10. The van der Waals surface area contributed by atoms with Gasteiger partial charge in [-0.3, -0.25) is 14.8 Å². The Balaban J connectivity index is 2.70. The number of nitrogens with one attached hydrogen (secondary N) is 1. The maximum atomic E-state index is 11.3. The van der Waals surface area contributed by atoms with E-state index in [1.165, 1.54) is 12.1 Å². The van der Waals surface area contributed by atoms with Crippen LogP contribution in [0.25, 0.3) is 0 Å². The van der Waals surface area contributed by atoms with Crippen LogP contribution in [0, 0.1) is 10.1 Å². The van der Waals surface area contributed by atoms with E-state index in [0.717, 1.165) is 0 Å². The standard InChI is InChI=1S/C7H5BrN2O4S/c8-5-1-2-6(10(11)12)7-4(5)3-15(13,14)9-7/h1-2,9H,3H2. The summed E-state index contributed by atoms with van der Waals surface area (Å²) < 4.78 is 25.2. The van der Waals surface area contributed by atoms with Crippen LogP contribution in [0.2, 0.25) is 0 Å². The van der Waals surface area contributed by atoms with Crippen molar-refractivity contribution in [2.45, 2.75) is 5.75 Å². The molecule has 0 aromatic heterocycles. The smallest absolute Gasteiger partial charge is 0.276 e. The highest BCUT2D eigenvalue weighted by atomic mass is 79.9. The third kappa shape index (κ3) is 1.70. The van der Waals surface area contributed by atoms with Gasteiger partial charge in [-0.05, 0) is 6.07 Å². The molecule has 0 unspecified atom stereocenters. The Morgan fingerprint density at radius 1 is 1.47 bits per heavy atom.